The maximum Gasteiger partial charge on any atom is 0.387 e. The summed E-state index contributed by atoms with van der Waals surface area (Å²) in [5.74, 6) is -0.134. The van der Waals surface area contributed by atoms with Crippen molar-refractivity contribution in [2.24, 2.45) is 0 Å². The van der Waals surface area contributed by atoms with Crippen molar-refractivity contribution in [2.45, 2.75) is 33.3 Å². The molecule has 3 rings (SSSR count). The Morgan fingerprint density at radius 3 is 2.53 bits per heavy atom. The second kappa shape index (κ2) is 8.89. The number of carbonyl (C=O) groups excluding carboxylic acids is 1. The highest BCUT2D eigenvalue weighted by Gasteiger charge is 2.23. The number of methoxy groups -OCH3 is 1. The van der Waals surface area contributed by atoms with E-state index in [1.54, 1.807) is 25.1 Å². The van der Waals surface area contributed by atoms with Crippen LogP contribution >= 0.6 is 0 Å². The van der Waals surface area contributed by atoms with Gasteiger partial charge in [0.2, 0.25) is 0 Å². The van der Waals surface area contributed by atoms with Crippen LogP contribution in [-0.4, -0.2) is 29.8 Å². The number of para-hydroxylation sites is 2. The molecule has 158 valence electrons. The summed E-state index contributed by atoms with van der Waals surface area (Å²) in [4.78, 5) is 17.3. The lowest BCUT2D eigenvalue weighted by molar-refractivity contribution is -0.0515. The monoisotopic (exact) mass is 417 g/mol. The number of nitrogens with one attached hydrogen (secondary N) is 1. The Labute approximate surface area is 172 Å². The maximum absolute atomic E-state index is 13.0. The summed E-state index contributed by atoms with van der Waals surface area (Å²) in [6.07, 6.45) is 0. The molecular formula is C21H21F2N3O4. The predicted octanol–water partition coefficient (Wildman–Crippen LogP) is 5.03. The summed E-state index contributed by atoms with van der Waals surface area (Å²) >= 11 is 0. The van der Waals surface area contributed by atoms with Crippen molar-refractivity contribution < 1.29 is 27.6 Å². The molecule has 1 amide bonds. The molecule has 0 aliphatic heterocycles. The number of anilines is 1. The lowest BCUT2D eigenvalue weighted by Crippen LogP contribution is -2.17. The first-order valence-corrected chi connectivity index (χ1v) is 9.18. The number of hydrogen-bond acceptors (Lipinski definition) is 6. The van der Waals surface area contributed by atoms with Crippen LogP contribution in [0.2, 0.25) is 0 Å². The van der Waals surface area contributed by atoms with Gasteiger partial charge in [-0.1, -0.05) is 37.2 Å². The standard InChI is InChI=1S/C21H21F2N3O4/c1-11(2)18-25-20(30-26-18)13-8-5-7-12(3)16(13)24-19(27)14-9-6-10-15(28-4)17(14)29-21(22)23/h5-11,21H,1-4H3,(H,24,27). The number of alkyl halides is 2. The van der Waals surface area contributed by atoms with Crippen molar-refractivity contribution in [3.05, 3.63) is 53.3 Å². The molecular weight excluding hydrogens is 396 g/mol. The molecule has 0 radical (unpaired) electrons. The van der Waals surface area contributed by atoms with Gasteiger partial charge in [0.05, 0.1) is 23.9 Å². The second-order valence-electron chi connectivity index (χ2n) is 6.78. The Hall–Kier alpha value is -3.49. The number of carbonyl (C=O) groups is 1. The van der Waals surface area contributed by atoms with Gasteiger partial charge in [0.1, 0.15) is 0 Å². The quantitative estimate of drug-likeness (QED) is 0.580. The minimum Gasteiger partial charge on any atom is -0.493 e. The Morgan fingerprint density at radius 2 is 1.90 bits per heavy atom. The number of rotatable bonds is 7. The van der Waals surface area contributed by atoms with Gasteiger partial charge in [0.15, 0.2) is 17.3 Å². The molecule has 1 aromatic heterocycles. The zero-order valence-electron chi connectivity index (χ0n) is 16.9. The van der Waals surface area contributed by atoms with Crippen LogP contribution in [0.15, 0.2) is 40.9 Å². The first-order chi connectivity index (χ1) is 14.3. The van der Waals surface area contributed by atoms with Crippen LogP contribution in [0.1, 0.15) is 41.5 Å². The van der Waals surface area contributed by atoms with Crippen LogP contribution in [0.5, 0.6) is 11.5 Å². The molecule has 0 aliphatic carbocycles. The average molecular weight is 417 g/mol. The number of ether oxygens (including phenoxy) is 2. The Kier molecular flexibility index (Phi) is 6.29. The lowest BCUT2D eigenvalue weighted by Gasteiger charge is -2.16. The summed E-state index contributed by atoms with van der Waals surface area (Å²) in [7, 11) is 1.30. The third-order valence-electron chi connectivity index (χ3n) is 4.35. The van der Waals surface area contributed by atoms with E-state index in [1.165, 1.54) is 25.3 Å². The van der Waals surface area contributed by atoms with E-state index in [-0.39, 0.29) is 28.9 Å². The van der Waals surface area contributed by atoms with E-state index in [4.69, 9.17) is 9.26 Å². The van der Waals surface area contributed by atoms with E-state index >= 15 is 0 Å². The maximum atomic E-state index is 13.0. The van der Waals surface area contributed by atoms with Crippen molar-refractivity contribution in [3.8, 4) is 23.0 Å². The molecule has 0 saturated carbocycles. The van der Waals surface area contributed by atoms with Crippen molar-refractivity contribution in [3.63, 3.8) is 0 Å². The van der Waals surface area contributed by atoms with Gasteiger partial charge in [0, 0.05) is 5.92 Å². The van der Waals surface area contributed by atoms with E-state index in [2.05, 4.69) is 20.2 Å². The van der Waals surface area contributed by atoms with Gasteiger partial charge in [-0.05, 0) is 30.7 Å². The van der Waals surface area contributed by atoms with Crippen molar-refractivity contribution >= 4 is 11.6 Å². The minimum atomic E-state index is -3.12. The van der Waals surface area contributed by atoms with Gasteiger partial charge in [0.25, 0.3) is 11.8 Å². The van der Waals surface area contributed by atoms with Gasteiger partial charge < -0.3 is 19.3 Å². The van der Waals surface area contributed by atoms with Crippen LogP contribution in [0.4, 0.5) is 14.5 Å². The average Bonchev–Trinajstić information content (AvgIpc) is 3.19. The Bertz CT molecular complexity index is 1050. The zero-order chi connectivity index (χ0) is 21.8. The van der Waals surface area contributed by atoms with Crippen LogP contribution in [-0.2, 0) is 0 Å². The molecule has 7 nitrogen and oxygen atoms in total. The van der Waals surface area contributed by atoms with E-state index < -0.39 is 12.5 Å². The molecule has 0 bridgehead atoms. The van der Waals surface area contributed by atoms with Gasteiger partial charge in [-0.25, -0.2) is 0 Å². The van der Waals surface area contributed by atoms with Crippen molar-refractivity contribution in [1.29, 1.82) is 0 Å². The molecule has 0 atom stereocenters. The van der Waals surface area contributed by atoms with Crippen LogP contribution in [0.25, 0.3) is 11.5 Å². The topological polar surface area (TPSA) is 86.5 Å². The number of benzene rings is 2. The molecule has 2 aromatic carbocycles. The third-order valence-corrected chi connectivity index (χ3v) is 4.35. The summed E-state index contributed by atoms with van der Waals surface area (Å²) in [5, 5.41) is 6.70. The van der Waals surface area contributed by atoms with E-state index in [1.807, 2.05) is 13.8 Å². The highest BCUT2D eigenvalue weighted by molar-refractivity contribution is 6.08. The molecule has 0 unspecified atom stereocenters. The van der Waals surface area contributed by atoms with Crippen LogP contribution in [0, 0.1) is 6.92 Å². The second-order valence-corrected chi connectivity index (χ2v) is 6.78. The van der Waals surface area contributed by atoms with E-state index in [0.717, 1.165) is 5.56 Å². The highest BCUT2D eigenvalue weighted by atomic mass is 19.3. The lowest BCUT2D eigenvalue weighted by atomic mass is 10.1. The fraction of sp³-hybridized carbons (Fsp3) is 0.286. The highest BCUT2D eigenvalue weighted by Crippen LogP contribution is 2.35. The SMILES string of the molecule is COc1cccc(C(=O)Nc2c(C)cccc2-c2nc(C(C)C)no2)c1OC(F)F. The molecule has 30 heavy (non-hydrogen) atoms. The normalized spacial score (nSPS) is 11.1. The minimum absolute atomic E-state index is 0.0198. The molecule has 0 saturated heterocycles. The smallest absolute Gasteiger partial charge is 0.387 e. The van der Waals surface area contributed by atoms with Gasteiger partial charge >= 0.3 is 6.61 Å². The van der Waals surface area contributed by atoms with Crippen molar-refractivity contribution in [2.75, 3.05) is 12.4 Å². The van der Waals surface area contributed by atoms with E-state index in [0.29, 0.717) is 17.1 Å². The van der Waals surface area contributed by atoms with Crippen molar-refractivity contribution in [1.82, 2.24) is 10.1 Å². The van der Waals surface area contributed by atoms with E-state index in [9.17, 15) is 13.6 Å². The molecule has 0 aliphatic rings. The molecule has 9 heteroatoms. The molecule has 3 aromatic rings. The Morgan fingerprint density at radius 1 is 1.17 bits per heavy atom. The molecule has 1 N–H and O–H groups in total. The number of hydrogen-bond donors (Lipinski definition) is 1. The first kappa shape index (κ1) is 21.2. The zero-order valence-corrected chi connectivity index (χ0v) is 16.9. The largest absolute Gasteiger partial charge is 0.493 e. The predicted molar refractivity (Wildman–Crippen MR) is 106 cm³/mol. The Balaban J connectivity index is 2.00. The summed E-state index contributed by atoms with van der Waals surface area (Å²) in [5.41, 5.74) is 1.57. The first-order valence-electron chi connectivity index (χ1n) is 9.18. The van der Waals surface area contributed by atoms with Gasteiger partial charge in [-0.3, -0.25) is 4.79 Å². The summed E-state index contributed by atoms with van der Waals surface area (Å²) < 4.78 is 40.7. The van der Waals surface area contributed by atoms with Gasteiger partial charge in [-0.2, -0.15) is 13.8 Å². The number of nitrogens with zero attached hydrogens (tertiary/aromatic N) is 2. The number of aryl methyl sites for hydroxylation is 1. The number of aromatic nitrogens is 2. The fourth-order valence-corrected chi connectivity index (χ4v) is 2.84. The number of amides is 1. The number of halogens is 2. The summed E-state index contributed by atoms with van der Waals surface area (Å²) in [6.45, 7) is 2.54. The molecule has 0 spiro atoms. The van der Waals surface area contributed by atoms with Crippen LogP contribution < -0.4 is 14.8 Å². The third kappa shape index (κ3) is 4.40. The van der Waals surface area contributed by atoms with Crippen LogP contribution in [0.3, 0.4) is 0 Å². The molecule has 1 heterocycles. The fourth-order valence-electron chi connectivity index (χ4n) is 2.84. The van der Waals surface area contributed by atoms with Gasteiger partial charge in [-0.15, -0.1) is 0 Å². The molecule has 0 fully saturated rings. The summed E-state index contributed by atoms with van der Waals surface area (Å²) in [6, 6.07) is 9.62.